The topological polar surface area (TPSA) is 95.9 Å². The molecule has 176 valence electrons. The minimum absolute atomic E-state index is 0.0221. The molecule has 0 radical (unpaired) electrons. The number of benzene rings is 2. The minimum Gasteiger partial charge on any atom is -0.481 e. The molecule has 7 heteroatoms. The fraction of sp³-hybridized carbons (Fsp3) is 0.444. The Hall–Kier alpha value is -3.35. The number of rotatable bonds is 5. The lowest BCUT2D eigenvalue weighted by Gasteiger charge is -2.38. The van der Waals surface area contributed by atoms with E-state index in [9.17, 15) is 19.5 Å². The van der Waals surface area contributed by atoms with Crippen molar-refractivity contribution in [1.82, 2.24) is 10.2 Å². The summed E-state index contributed by atoms with van der Waals surface area (Å²) in [7, 11) is 0. The van der Waals surface area contributed by atoms with Crippen LogP contribution in [0.25, 0.3) is 11.1 Å². The van der Waals surface area contributed by atoms with E-state index in [1.807, 2.05) is 29.2 Å². The number of hydrogen-bond donors (Lipinski definition) is 2. The second-order valence-electron chi connectivity index (χ2n) is 10.1. The number of carboxylic acids is 1. The van der Waals surface area contributed by atoms with Crippen molar-refractivity contribution in [2.45, 2.75) is 31.2 Å². The van der Waals surface area contributed by atoms with Gasteiger partial charge in [-0.05, 0) is 53.4 Å². The van der Waals surface area contributed by atoms with Crippen LogP contribution in [0.1, 0.15) is 36.3 Å². The number of nitrogens with one attached hydrogen (secondary N) is 1. The number of carbonyl (C=O) groups excluding carboxylic acids is 2. The molecule has 7 nitrogen and oxygen atoms in total. The van der Waals surface area contributed by atoms with Crippen molar-refractivity contribution in [3.05, 3.63) is 59.7 Å². The smallest absolute Gasteiger partial charge is 0.407 e. The molecule has 1 unspecified atom stereocenters. The lowest BCUT2D eigenvalue weighted by atomic mass is 9.79. The van der Waals surface area contributed by atoms with Crippen LogP contribution in [-0.4, -0.2) is 53.7 Å². The Morgan fingerprint density at radius 3 is 2.26 bits per heavy atom. The lowest BCUT2D eigenvalue weighted by molar-refractivity contribution is -0.141. The van der Waals surface area contributed by atoms with Crippen molar-refractivity contribution < 1.29 is 24.2 Å². The van der Waals surface area contributed by atoms with Crippen molar-refractivity contribution in [3.8, 4) is 11.1 Å². The molecule has 1 saturated heterocycles. The highest BCUT2D eigenvalue weighted by molar-refractivity contribution is 5.82. The summed E-state index contributed by atoms with van der Waals surface area (Å²) in [6.07, 6.45) is 1.55. The number of ether oxygens (including phenoxy) is 1. The summed E-state index contributed by atoms with van der Waals surface area (Å²) in [5, 5.41) is 12.2. The number of aliphatic carboxylic acids is 1. The Labute approximate surface area is 198 Å². The molecule has 3 atom stereocenters. The highest BCUT2D eigenvalue weighted by Crippen LogP contribution is 2.52. The summed E-state index contributed by atoms with van der Waals surface area (Å²) < 4.78 is 5.61. The molecule has 3 aliphatic carbocycles. The maximum absolute atomic E-state index is 12.8. The number of likely N-dealkylation sites (tertiary alicyclic amines) is 1. The number of carbonyl (C=O) groups is 3. The van der Waals surface area contributed by atoms with Crippen molar-refractivity contribution in [1.29, 1.82) is 0 Å². The van der Waals surface area contributed by atoms with Gasteiger partial charge < -0.3 is 20.1 Å². The molecule has 2 saturated carbocycles. The Balaban J connectivity index is 0.985. The van der Waals surface area contributed by atoms with Crippen LogP contribution >= 0.6 is 0 Å². The van der Waals surface area contributed by atoms with Crippen LogP contribution in [0.2, 0.25) is 0 Å². The molecule has 6 rings (SSSR count). The fourth-order valence-corrected chi connectivity index (χ4v) is 6.31. The zero-order valence-electron chi connectivity index (χ0n) is 18.9. The van der Waals surface area contributed by atoms with Gasteiger partial charge in [0.15, 0.2) is 0 Å². The molecule has 0 spiro atoms. The second-order valence-corrected chi connectivity index (χ2v) is 10.1. The number of hydrogen-bond acceptors (Lipinski definition) is 4. The summed E-state index contributed by atoms with van der Waals surface area (Å²) >= 11 is 0. The first-order chi connectivity index (χ1) is 16.5. The van der Waals surface area contributed by atoms with E-state index in [1.54, 1.807) is 0 Å². The van der Waals surface area contributed by atoms with Gasteiger partial charge in [0, 0.05) is 31.0 Å². The molecule has 0 aromatic heterocycles. The van der Waals surface area contributed by atoms with Crippen LogP contribution in [0.15, 0.2) is 48.5 Å². The van der Waals surface area contributed by atoms with Gasteiger partial charge in [0.25, 0.3) is 0 Å². The van der Waals surface area contributed by atoms with Gasteiger partial charge in [0.2, 0.25) is 5.91 Å². The molecule has 0 bridgehead atoms. The Morgan fingerprint density at radius 1 is 0.971 bits per heavy atom. The molecule has 2 N–H and O–H groups in total. The van der Waals surface area contributed by atoms with E-state index < -0.39 is 12.1 Å². The summed E-state index contributed by atoms with van der Waals surface area (Å²) in [5.74, 6) is -0.634. The molecule has 2 aromatic carbocycles. The molecular weight excluding hydrogens is 432 g/mol. The molecule has 3 fully saturated rings. The van der Waals surface area contributed by atoms with Crippen LogP contribution < -0.4 is 5.32 Å². The molecule has 1 aliphatic heterocycles. The van der Waals surface area contributed by atoms with E-state index in [1.165, 1.54) is 22.3 Å². The molecule has 2 amide bonds. The van der Waals surface area contributed by atoms with E-state index in [0.29, 0.717) is 25.9 Å². The Kier molecular flexibility index (Phi) is 5.08. The Bertz CT molecular complexity index is 1110. The predicted molar refractivity (Wildman–Crippen MR) is 124 cm³/mol. The van der Waals surface area contributed by atoms with E-state index >= 15 is 0 Å². The maximum Gasteiger partial charge on any atom is 0.407 e. The number of fused-ring (bicyclic) bond motifs is 4. The molecule has 34 heavy (non-hydrogen) atoms. The zero-order chi connectivity index (χ0) is 23.4. The number of alkyl carbamates (subject to hydrolysis) is 1. The van der Waals surface area contributed by atoms with Gasteiger partial charge in [0.05, 0.1) is 5.92 Å². The van der Waals surface area contributed by atoms with Gasteiger partial charge in [0.1, 0.15) is 6.61 Å². The van der Waals surface area contributed by atoms with E-state index in [0.717, 1.165) is 6.42 Å². The monoisotopic (exact) mass is 460 g/mol. The minimum atomic E-state index is -0.736. The second kappa shape index (κ2) is 8.15. The third kappa shape index (κ3) is 3.54. The molecular formula is C27H28N2O5. The molecule has 2 aromatic rings. The SMILES string of the molecule is O=C(NC1CC(C(=O)N2CC[C@H]3C(C(=O)O)[C@H]3C2)C1)OCC1c2ccccc2-c2ccccc21. The third-order valence-corrected chi connectivity index (χ3v) is 8.24. The maximum atomic E-state index is 12.8. The molecule has 1 heterocycles. The van der Waals surface area contributed by atoms with Crippen LogP contribution in [-0.2, 0) is 14.3 Å². The van der Waals surface area contributed by atoms with E-state index in [4.69, 9.17) is 4.74 Å². The van der Waals surface area contributed by atoms with Crippen LogP contribution in [0.3, 0.4) is 0 Å². The van der Waals surface area contributed by atoms with Crippen LogP contribution in [0, 0.1) is 23.7 Å². The standard InChI is InChI=1S/C27H28N2O5/c30-25(29-10-9-21-22(13-29)24(21)26(31)32)15-11-16(12-15)28-27(33)34-14-23-19-7-3-1-5-17(19)18-6-2-4-8-20(18)23/h1-8,15-16,21-24H,9-14H2,(H,28,33)(H,31,32)/t15?,16?,21-,22+,24?/m1/s1. The fourth-order valence-electron chi connectivity index (χ4n) is 6.31. The van der Waals surface area contributed by atoms with Gasteiger partial charge in [-0.3, -0.25) is 9.59 Å². The van der Waals surface area contributed by atoms with Crippen LogP contribution in [0.4, 0.5) is 4.79 Å². The van der Waals surface area contributed by atoms with Crippen molar-refractivity contribution >= 4 is 18.0 Å². The number of piperidine rings is 1. The normalized spacial score (nSPS) is 28.7. The first-order valence-corrected chi connectivity index (χ1v) is 12.1. The number of carboxylic acid groups (broad SMARTS) is 1. The number of amides is 2. The largest absolute Gasteiger partial charge is 0.481 e. The average molecular weight is 461 g/mol. The molecule has 4 aliphatic rings. The number of nitrogens with zero attached hydrogens (tertiary/aromatic N) is 1. The summed E-state index contributed by atoms with van der Waals surface area (Å²) in [6.45, 7) is 1.47. The first kappa shape index (κ1) is 21.2. The van der Waals surface area contributed by atoms with Gasteiger partial charge in [-0.25, -0.2) is 4.79 Å². The summed E-state index contributed by atoms with van der Waals surface area (Å²) in [4.78, 5) is 38.4. The van der Waals surface area contributed by atoms with Crippen molar-refractivity contribution in [2.24, 2.45) is 23.7 Å². The summed E-state index contributed by atoms with van der Waals surface area (Å²) in [5.41, 5.74) is 4.74. The van der Waals surface area contributed by atoms with Gasteiger partial charge in [-0.1, -0.05) is 48.5 Å². The van der Waals surface area contributed by atoms with Gasteiger partial charge in [-0.2, -0.15) is 0 Å². The Morgan fingerprint density at radius 2 is 1.62 bits per heavy atom. The lowest BCUT2D eigenvalue weighted by Crippen LogP contribution is -2.51. The van der Waals surface area contributed by atoms with Gasteiger partial charge in [-0.15, -0.1) is 0 Å². The van der Waals surface area contributed by atoms with Gasteiger partial charge >= 0.3 is 12.1 Å². The highest BCUT2D eigenvalue weighted by Gasteiger charge is 2.58. The van der Waals surface area contributed by atoms with Crippen LogP contribution in [0.5, 0.6) is 0 Å². The average Bonchev–Trinajstić information content (AvgIpc) is 3.47. The zero-order valence-corrected chi connectivity index (χ0v) is 18.9. The third-order valence-electron chi connectivity index (χ3n) is 8.24. The van der Waals surface area contributed by atoms with E-state index in [2.05, 4.69) is 29.6 Å². The van der Waals surface area contributed by atoms with Crippen molar-refractivity contribution in [2.75, 3.05) is 19.7 Å². The highest BCUT2D eigenvalue weighted by atomic mass is 16.5. The summed E-state index contributed by atoms with van der Waals surface area (Å²) in [6, 6.07) is 16.4. The quantitative estimate of drug-likeness (QED) is 0.712. The predicted octanol–water partition coefficient (Wildman–Crippen LogP) is 3.48. The van der Waals surface area contributed by atoms with Crippen molar-refractivity contribution in [3.63, 3.8) is 0 Å². The van der Waals surface area contributed by atoms with E-state index in [-0.39, 0.29) is 48.1 Å². The first-order valence-electron chi connectivity index (χ1n) is 12.1.